The number of aromatic hydroxyl groups is 2. The van der Waals surface area contributed by atoms with E-state index in [9.17, 15) is 24.6 Å². The second-order valence-electron chi connectivity index (χ2n) is 17.8. The predicted molar refractivity (Wildman–Crippen MR) is 248 cm³/mol. The van der Waals surface area contributed by atoms with Gasteiger partial charge in [0.25, 0.3) is 11.7 Å². The summed E-state index contributed by atoms with van der Waals surface area (Å²) in [5.74, 6) is -5.69. The number of carbonyl (C=O) groups excluding carboxylic acids is 2. The monoisotopic (exact) mass is 978 g/mol. The molecule has 9 rings (SSSR count). The molecule has 4 aromatic carbocycles. The van der Waals surface area contributed by atoms with E-state index in [4.69, 9.17) is 51.6 Å². The molecule has 0 radical (unpaired) electrons. The number of fused-ring (bicyclic) bond motifs is 10. The van der Waals surface area contributed by atoms with Crippen LogP contribution in [0.5, 0.6) is 17.2 Å². The summed E-state index contributed by atoms with van der Waals surface area (Å²) >= 11 is -1.44. The zero-order chi connectivity index (χ0) is 50.0. The molecular formula is C50H57MnN3O14. The number of hydrogen-bond acceptors (Lipinski definition) is 16. The summed E-state index contributed by atoms with van der Waals surface area (Å²) in [6.07, 6.45) is 6.00. The number of phenols is 2. The van der Waals surface area contributed by atoms with Crippen LogP contribution in [-0.4, -0.2) is 75.1 Å². The van der Waals surface area contributed by atoms with Gasteiger partial charge < -0.3 is 54.5 Å². The Bertz CT molecular complexity index is 2920. The van der Waals surface area contributed by atoms with Crippen molar-refractivity contribution in [3.63, 3.8) is 0 Å². The van der Waals surface area contributed by atoms with Crippen LogP contribution in [0.4, 0.5) is 11.4 Å². The number of nitrogens with two attached hydrogens (primary N) is 1. The maximum atomic E-state index is 14.5. The number of aliphatic hydroxyl groups is 1. The van der Waals surface area contributed by atoms with Crippen LogP contribution >= 0.6 is 0 Å². The molecule has 0 aliphatic carbocycles. The third kappa shape index (κ3) is 10.0. The molecule has 4 aliphatic rings. The zero-order valence-electron chi connectivity index (χ0n) is 39.4. The third-order valence-corrected chi connectivity index (χ3v) is 12.7. The molecule has 1 aromatic heterocycles. The first-order valence-corrected chi connectivity index (χ1v) is 22.9. The molecule has 6 N–H and O–H groups in total. The van der Waals surface area contributed by atoms with Crippen molar-refractivity contribution >= 4 is 56.0 Å². The molecule has 0 spiro atoms. The van der Waals surface area contributed by atoms with Crippen LogP contribution in [0.3, 0.4) is 0 Å². The molecule has 0 unspecified atom stereocenters. The average Bonchev–Trinajstić information content (AvgIpc) is 3.57. The first kappa shape index (κ1) is 51.3. The quantitative estimate of drug-likeness (QED) is 0.0351. The number of para-hydroxylation sites is 4. The Balaban J connectivity index is 0.000000614. The Labute approximate surface area is 398 Å². The number of benzene rings is 4. The molecule has 18 heteroatoms. The van der Waals surface area contributed by atoms with E-state index >= 15 is 0 Å². The summed E-state index contributed by atoms with van der Waals surface area (Å²) in [7, 11) is 1.52. The number of nitrogens with zero attached hydrogens (tertiary/aromatic N) is 1. The number of nitrogen functional groups attached to an aromatic ring is 1. The van der Waals surface area contributed by atoms with Gasteiger partial charge in [-0.25, -0.2) is 4.98 Å². The molecule has 1 amide bonds. The van der Waals surface area contributed by atoms with Gasteiger partial charge >= 0.3 is 28.3 Å². The molecule has 5 heterocycles. The van der Waals surface area contributed by atoms with Gasteiger partial charge in [-0.1, -0.05) is 70.2 Å². The molecule has 9 atom stereocenters. The zero-order valence-corrected chi connectivity index (χ0v) is 40.5. The van der Waals surface area contributed by atoms with Gasteiger partial charge in [-0.15, -0.1) is 0 Å². The third-order valence-electron chi connectivity index (χ3n) is 12.7. The van der Waals surface area contributed by atoms with Crippen molar-refractivity contribution in [1.29, 1.82) is 0 Å². The van der Waals surface area contributed by atoms with Crippen LogP contribution in [0.2, 0.25) is 0 Å². The summed E-state index contributed by atoms with van der Waals surface area (Å²) in [6, 6.07) is 13.6. The normalized spacial score (nSPS) is 28.7. The van der Waals surface area contributed by atoms with E-state index < -0.39 is 73.5 Å². The fourth-order valence-corrected chi connectivity index (χ4v) is 8.94. The van der Waals surface area contributed by atoms with Gasteiger partial charge in [-0.05, 0) is 58.0 Å². The van der Waals surface area contributed by atoms with Crippen LogP contribution in [0.25, 0.3) is 33.0 Å². The van der Waals surface area contributed by atoms with Crippen molar-refractivity contribution in [3.8, 4) is 17.2 Å². The Morgan fingerprint density at radius 2 is 1.51 bits per heavy atom. The standard InChI is InChI=1S/C44H50N2O11.C6H7NO.Mn.2O/c1-20-14-13-15-21(2)42(51)46-33-36(49)30-29(32-40(33)54-28-17-12-11-16-26(28)45-32)31-39(24(5)35(30)48)57-44(9,41(31)50)53-19-18-27(52-10)22(3)34(47)23(4)38-25(6)37(20)55-43(7,8)56-38;7-5-3-1-2-4-6(5)8;;;/h11-20,22-23,25,27,34,37-38,47,49H,1-10H3,(H,46,51);1-4,8H,7H2;;;/b14-13+,19-18+,21-15-;;;;/t20-,22+,23-,25+,27-,34+,37-,38-,44-;;;;/m0..../s1. The predicted octanol–water partition coefficient (Wildman–Crippen LogP) is 7.96. The number of hydrogen-bond donors (Lipinski definition) is 5. The molecule has 1 saturated heterocycles. The van der Waals surface area contributed by atoms with Gasteiger partial charge in [0.1, 0.15) is 28.2 Å². The van der Waals surface area contributed by atoms with Gasteiger partial charge in [0.15, 0.2) is 28.1 Å². The Morgan fingerprint density at radius 1 is 0.868 bits per heavy atom. The number of aliphatic hydroxyl groups excluding tert-OH is 1. The number of rotatable bonds is 1. The van der Waals surface area contributed by atoms with Crippen LogP contribution in [-0.2, 0) is 46.2 Å². The number of anilines is 2. The summed E-state index contributed by atoms with van der Waals surface area (Å²) in [6.45, 7) is 16.1. The SMILES string of the molecule is CO[C@H]1/C=C/O[C@@]2(C)Oc3c(C)c(=O)c4c(O)c(c5oc6ccccc6nc5c4c3C2=O)NC(=O)/C(C)=C\C=C\[C@H](C)[C@@H]2OC(C)(C)O[C@@H]([C@@H](C)[C@H](O)[C@@H]1C)[C@@H]2C.Nc1ccccc1O.[O]=[Mn]=[O]. The first-order valence-electron chi connectivity index (χ1n) is 21.9. The summed E-state index contributed by atoms with van der Waals surface area (Å²) in [5, 5.41) is 35.0. The second-order valence-corrected chi connectivity index (χ2v) is 18.0. The Kier molecular flexibility index (Phi) is 15.5. The van der Waals surface area contributed by atoms with Crippen LogP contribution in [0.1, 0.15) is 71.3 Å². The van der Waals surface area contributed by atoms with Crippen molar-refractivity contribution in [1.82, 2.24) is 4.98 Å². The van der Waals surface area contributed by atoms with E-state index in [1.54, 1.807) is 73.7 Å². The molecule has 4 aliphatic heterocycles. The molecule has 7 bridgehead atoms. The minimum absolute atomic E-state index is 0.00607. The molecule has 0 saturated carbocycles. The number of aromatic nitrogens is 1. The fraction of sp³-hybridized carbons (Fsp3) is 0.400. The number of amides is 1. The van der Waals surface area contributed by atoms with Gasteiger partial charge in [0.2, 0.25) is 0 Å². The van der Waals surface area contributed by atoms with E-state index in [2.05, 4.69) is 5.32 Å². The van der Waals surface area contributed by atoms with E-state index in [-0.39, 0.29) is 79.6 Å². The number of nitrogens with one attached hydrogen (secondary N) is 1. The molecule has 1 fully saturated rings. The van der Waals surface area contributed by atoms with Crippen LogP contribution in [0, 0.1) is 30.6 Å². The summed E-state index contributed by atoms with van der Waals surface area (Å²) in [4.78, 5) is 47.3. The number of phenolic OH excluding ortho intramolecular Hbond substituents is 2. The number of ketones is 1. The number of Topliss-reactive ketones (excluding diaryl/α,β-unsaturated/α-hetero) is 1. The van der Waals surface area contributed by atoms with E-state index in [0.717, 1.165) is 0 Å². The average molecular weight is 979 g/mol. The second kappa shape index (κ2) is 20.6. The van der Waals surface area contributed by atoms with Gasteiger partial charge in [0.05, 0.1) is 47.3 Å². The van der Waals surface area contributed by atoms with E-state index in [1.165, 1.54) is 27.2 Å². The molecule has 17 nitrogen and oxygen atoms in total. The van der Waals surface area contributed by atoms with Gasteiger partial charge in [-0.3, -0.25) is 14.4 Å². The minimum atomic E-state index is -1.95. The van der Waals surface area contributed by atoms with Crippen LogP contribution < -0.4 is 21.2 Å². The Morgan fingerprint density at radius 3 is 2.16 bits per heavy atom. The number of methoxy groups -OCH3 is 1. The Hall–Kier alpha value is -6.14. The fourth-order valence-electron chi connectivity index (χ4n) is 8.94. The van der Waals surface area contributed by atoms with Crippen molar-refractivity contribution in [2.75, 3.05) is 18.2 Å². The van der Waals surface area contributed by atoms with Crippen molar-refractivity contribution in [2.24, 2.45) is 23.7 Å². The van der Waals surface area contributed by atoms with E-state index in [1.807, 2.05) is 47.6 Å². The van der Waals surface area contributed by atoms with Gasteiger partial charge in [-0.2, -0.15) is 0 Å². The molecule has 363 valence electrons. The maximum absolute atomic E-state index is 14.5. The molecule has 5 aromatic rings. The number of carbonyl (C=O) groups is 2. The van der Waals surface area contributed by atoms with Crippen molar-refractivity contribution < 1.29 is 75.5 Å². The van der Waals surface area contributed by atoms with Gasteiger partial charge in [0, 0.05) is 54.2 Å². The van der Waals surface area contributed by atoms with Crippen molar-refractivity contribution in [2.45, 2.75) is 98.3 Å². The number of allylic oxidation sites excluding steroid dienone is 2. The molecule has 68 heavy (non-hydrogen) atoms. The van der Waals surface area contributed by atoms with Crippen molar-refractivity contribution in [3.05, 3.63) is 106 Å². The number of ether oxygens (including phenoxy) is 5. The van der Waals surface area contributed by atoms with E-state index in [0.29, 0.717) is 16.8 Å². The first-order chi connectivity index (χ1) is 32.1. The molecular weight excluding hydrogens is 921 g/mol. The topological polar surface area (TPSA) is 256 Å². The summed E-state index contributed by atoms with van der Waals surface area (Å²) in [5.41, 5.74) is 5.89. The van der Waals surface area contributed by atoms with Crippen LogP contribution in [0.15, 0.2) is 93.9 Å². The summed E-state index contributed by atoms with van der Waals surface area (Å²) < 4.78 is 54.1.